The van der Waals surface area contributed by atoms with Crippen LogP contribution in [0.15, 0.2) is 54.7 Å². The van der Waals surface area contributed by atoms with E-state index in [1.807, 2.05) is 36.4 Å². The summed E-state index contributed by atoms with van der Waals surface area (Å²) in [5.74, 6) is -0.0956. The number of hydrogen-bond acceptors (Lipinski definition) is 7. The molecule has 0 N–H and O–H groups in total. The monoisotopic (exact) mass is 449 g/mol. The first kappa shape index (κ1) is 22.7. The van der Waals surface area contributed by atoms with Gasteiger partial charge in [0.05, 0.1) is 31.7 Å². The fourth-order valence-corrected chi connectivity index (χ4v) is 3.65. The van der Waals surface area contributed by atoms with Gasteiger partial charge in [-0.25, -0.2) is 9.48 Å². The van der Waals surface area contributed by atoms with E-state index in [9.17, 15) is 9.59 Å². The Morgan fingerprint density at radius 1 is 1.06 bits per heavy atom. The minimum Gasteiger partial charge on any atom is -0.476 e. The molecule has 8 heteroatoms. The maximum absolute atomic E-state index is 12.5. The smallest absolute Gasteiger partial charge is 0.345 e. The highest BCUT2D eigenvalue weighted by Gasteiger charge is 2.22. The number of carbonyl (C=O) groups is 2. The van der Waals surface area contributed by atoms with Crippen molar-refractivity contribution in [1.82, 2.24) is 14.7 Å². The van der Waals surface area contributed by atoms with Gasteiger partial charge in [0.1, 0.15) is 18.5 Å². The lowest BCUT2D eigenvalue weighted by Crippen LogP contribution is -2.38. The average molecular weight is 450 g/mol. The first-order chi connectivity index (χ1) is 16.2. The third kappa shape index (κ3) is 5.47. The number of aldehydes is 1. The third-order valence-electron chi connectivity index (χ3n) is 5.46. The molecule has 8 nitrogen and oxygen atoms in total. The van der Waals surface area contributed by atoms with Gasteiger partial charge in [0.2, 0.25) is 5.88 Å². The maximum atomic E-state index is 12.5. The highest BCUT2D eigenvalue weighted by atomic mass is 16.5. The molecule has 1 aliphatic heterocycles. The van der Waals surface area contributed by atoms with E-state index in [1.54, 1.807) is 23.7 Å². The molecule has 1 aliphatic rings. The van der Waals surface area contributed by atoms with Gasteiger partial charge in [-0.15, -0.1) is 0 Å². The molecule has 0 radical (unpaired) electrons. The molecule has 0 spiro atoms. The Kier molecular flexibility index (Phi) is 7.49. The molecule has 33 heavy (non-hydrogen) atoms. The first-order valence-corrected chi connectivity index (χ1v) is 11.0. The van der Waals surface area contributed by atoms with Crippen molar-refractivity contribution >= 4 is 12.3 Å². The number of ether oxygens (including phenoxy) is 3. The number of carbonyl (C=O) groups excluding carboxylic acids is 2. The Labute approximate surface area is 192 Å². The Morgan fingerprint density at radius 2 is 1.73 bits per heavy atom. The molecule has 0 atom stereocenters. The third-order valence-corrected chi connectivity index (χ3v) is 5.46. The molecular formula is C25H27N3O5. The molecule has 2 aromatic carbocycles. The molecule has 0 saturated carbocycles. The van der Waals surface area contributed by atoms with E-state index >= 15 is 0 Å². The molecule has 0 amide bonds. The van der Waals surface area contributed by atoms with Crippen molar-refractivity contribution in [2.45, 2.75) is 6.92 Å². The lowest BCUT2D eigenvalue weighted by molar-refractivity contribution is 0.0316. The van der Waals surface area contributed by atoms with Gasteiger partial charge in [0.25, 0.3) is 0 Å². The van der Waals surface area contributed by atoms with Crippen LogP contribution in [0, 0.1) is 0 Å². The molecule has 4 rings (SSSR count). The summed E-state index contributed by atoms with van der Waals surface area (Å²) >= 11 is 0. The predicted molar refractivity (Wildman–Crippen MR) is 123 cm³/mol. The van der Waals surface area contributed by atoms with Crippen LogP contribution in [0.25, 0.3) is 16.8 Å². The number of hydrogen-bond donors (Lipinski definition) is 0. The summed E-state index contributed by atoms with van der Waals surface area (Å²) < 4.78 is 18.2. The molecule has 3 aromatic rings. The van der Waals surface area contributed by atoms with Crippen LogP contribution in [0.2, 0.25) is 0 Å². The Bertz CT molecular complexity index is 1070. The topological polar surface area (TPSA) is 82.9 Å². The number of aromatic nitrogens is 2. The van der Waals surface area contributed by atoms with E-state index in [0.29, 0.717) is 23.6 Å². The largest absolute Gasteiger partial charge is 0.476 e. The standard InChI is InChI=1S/C25H27N3O5/c1-2-32-25(30)23-17-26-28(24(23)33-16-13-27-11-14-31-15-12-27)22-9-7-21(8-10-22)20-5-3-19(18-29)4-6-20/h3-10,17-18H,2,11-16H2,1H3. The van der Waals surface area contributed by atoms with Crippen molar-refractivity contribution in [3.63, 3.8) is 0 Å². The van der Waals surface area contributed by atoms with Crippen LogP contribution >= 0.6 is 0 Å². The summed E-state index contributed by atoms with van der Waals surface area (Å²) in [6.07, 6.45) is 2.31. The zero-order valence-corrected chi connectivity index (χ0v) is 18.6. The highest BCUT2D eigenvalue weighted by Crippen LogP contribution is 2.26. The Morgan fingerprint density at radius 3 is 2.36 bits per heavy atom. The van der Waals surface area contributed by atoms with E-state index in [2.05, 4.69) is 10.00 Å². The molecule has 0 unspecified atom stereocenters. The minimum atomic E-state index is -0.461. The molecular weight excluding hydrogens is 422 g/mol. The van der Waals surface area contributed by atoms with Crippen LogP contribution in [0.4, 0.5) is 0 Å². The molecule has 172 valence electrons. The van der Waals surface area contributed by atoms with Crippen molar-refractivity contribution in [3.05, 3.63) is 65.9 Å². The SMILES string of the molecule is CCOC(=O)c1cnn(-c2ccc(-c3ccc(C=O)cc3)cc2)c1OCCN1CCOCC1. The van der Waals surface area contributed by atoms with E-state index in [0.717, 1.165) is 55.9 Å². The second-order valence-electron chi connectivity index (χ2n) is 7.58. The predicted octanol–water partition coefficient (Wildman–Crippen LogP) is 3.24. The molecule has 1 aromatic heterocycles. The number of benzene rings is 2. The summed E-state index contributed by atoms with van der Waals surface area (Å²) in [5.41, 5.74) is 3.70. The average Bonchev–Trinajstić information content (AvgIpc) is 3.29. The summed E-state index contributed by atoms with van der Waals surface area (Å²) in [5, 5.41) is 4.40. The quantitative estimate of drug-likeness (QED) is 0.366. The highest BCUT2D eigenvalue weighted by molar-refractivity contribution is 5.92. The minimum absolute atomic E-state index is 0.273. The fraction of sp³-hybridized carbons (Fsp3) is 0.320. The van der Waals surface area contributed by atoms with Gasteiger partial charge in [-0.3, -0.25) is 9.69 Å². The van der Waals surface area contributed by atoms with Crippen LogP contribution in [-0.4, -0.2) is 73.0 Å². The van der Waals surface area contributed by atoms with Crippen LogP contribution < -0.4 is 4.74 Å². The summed E-state index contributed by atoms with van der Waals surface area (Å²) in [6, 6.07) is 15.2. The van der Waals surface area contributed by atoms with Gasteiger partial charge >= 0.3 is 5.97 Å². The van der Waals surface area contributed by atoms with Gasteiger partial charge in [-0.05, 0) is 30.2 Å². The second kappa shape index (κ2) is 10.9. The summed E-state index contributed by atoms with van der Waals surface area (Å²) in [6.45, 7) is 6.35. The molecule has 1 saturated heterocycles. The van der Waals surface area contributed by atoms with Crippen molar-refractivity contribution in [3.8, 4) is 22.7 Å². The van der Waals surface area contributed by atoms with Crippen molar-refractivity contribution in [1.29, 1.82) is 0 Å². The van der Waals surface area contributed by atoms with E-state index < -0.39 is 5.97 Å². The zero-order valence-electron chi connectivity index (χ0n) is 18.6. The Hall–Kier alpha value is -3.49. The van der Waals surface area contributed by atoms with E-state index in [1.165, 1.54) is 6.20 Å². The molecule has 0 aliphatic carbocycles. The fourth-order valence-electron chi connectivity index (χ4n) is 3.65. The van der Waals surface area contributed by atoms with Crippen LogP contribution in [0.3, 0.4) is 0 Å². The number of morpholine rings is 1. The maximum Gasteiger partial charge on any atom is 0.345 e. The van der Waals surface area contributed by atoms with Gasteiger partial charge in [-0.1, -0.05) is 36.4 Å². The van der Waals surface area contributed by atoms with E-state index in [-0.39, 0.29) is 6.61 Å². The van der Waals surface area contributed by atoms with Gasteiger partial charge in [0, 0.05) is 25.2 Å². The van der Waals surface area contributed by atoms with Gasteiger partial charge in [0.15, 0.2) is 0 Å². The Balaban J connectivity index is 1.54. The van der Waals surface area contributed by atoms with Crippen LogP contribution in [0.1, 0.15) is 27.6 Å². The van der Waals surface area contributed by atoms with Gasteiger partial charge < -0.3 is 14.2 Å². The zero-order chi connectivity index (χ0) is 23.0. The normalized spacial score (nSPS) is 14.1. The van der Waals surface area contributed by atoms with Crippen molar-refractivity contribution in [2.24, 2.45) is 0 Å². The summed E-state index contributed by atoms with van der Waals surface area (Å²) in [4.78, 5) is 25.6. The van der Waals surface area contributed by atoms with E-state index in [4.69, 9.17) is 14.2 Å². The number of rotatable bonds is 9. The lowest BCUT2D eigenvalue weighted by Gasteiger charge is -2.26. The first-order valence-electron chi connectivity index (χ1n) is 11.0. The molecule has 1 fully saturated rings. The second-order valence-corrected chi connectivity index (χ2v) is 7.58. The van der Waals surface area contributed by atoms with Crippen molar-refractivity contribution < 1.29 is 23.8 Å². The van der Waals surface area contributed by atoms with Gasteiger partial charge in [-0.2, -0.15) is 5.10 Å². The number of nitrogens with zero attached hydrogens (tertiary/aromatic N) is 3. The van der Waals surface area contributed by atoms with Crippen LogP contribution in [0.5, 0.6) is 5.88 Å². The van der Waals surface area contributed by atoms with Crippen molar-refractivity contribution in [2.75, 3.05) is 46.1 Å². The number of esters is 1. The van der Waals surface area contributed by atoms with Crippen LogP contribution in [-0.2, 0) is 9.47 Å². The molecule has 0 bridgehead atoms. The summed E-state index contributed by atoms with van der Waals surface area (Å²) in [7, 11) is 0. The molecule has 2 heterocycles. The lowest BCUT2D eigenvalue weighted by atomic mass is 10.0.